The average Bonchev–Trinajstić information content (AvgIpc) is 2.28. The Kier molecular flexibility index (Phi) is 7.83. The number of nitrogens with one attached hydrogen (secondary N) is 1. The smallest absolute Gasteiger partial charge is 0.220 e. The molecule has 1 rings (SSSR count). The largest absolute Gasteiger partial charge is 0.392 e. The van der Waals surface area contributed by atoms with E-state index in [0.717, 1.165) is 25.7 Å². The second-order valence-electron chi connectivity index (χ2n) is 5.71. The molecule has 108 valence electrons. The molecule has 4 N–H and O–H groups in total. The molecule has 5 heteroatoms. The van der Waals surface area contributed by atoms with Gasteiger partial charge in [-0.3, -0.25) is 4.79 Å². The molecule has 1 aliphatic rings. The van der Waals surface area contributed by atoms with E-state index in [2.05, 4.69) is 12.2 Å². The molecule has 4 nitrogen and oxygen atoms in total. The van der Waals surface area contributed by atoms with Crippen LogP contribution in [0.2, 0.25) is 0 Å². The minimum absolute atomic E-state index is 0. The number of amides is 1. The summed E-state index contributed by atoms with van der Waals surface area (Å²) in [6, 6.07) is 0.0663. The van der Waals surface area contributed by atoms with Gasteiger partial charge in [-0.05, 0) is 26.2 Å². The van der Waals surface area contributed by atoms with Gasteiger partial charge in [-0.2, -0.15) is 0 Å². The van der Waals surface area contributed by atoms with Crippen LogP contribution >= 0.6 is 12.4 Å². The van der Waals surface area contributed by atoms with Crippen LogP contribution in [0.15, 0.2) is 0 Å². The third-order valence-electron chi connectivity index (χ3n) is 3.80. The molecular formula is C13H27ClN2O2. The summed E-state index contributed by atoms with van der Waals surface area (Å²) in [5, 5.41) is 12.9. The fourth-order valence-electron chi connectivity index (χ4n) is 2.34. The van der Waals surface area contributed by atoms with Gasteiger partial charge in [0, 0.05) is 24.4 Å². The normalized spacial score (nSPS) is 29.2. The minimum Gasteiger partial charge on any atom is -0.392 e. The molecule has 1 fully saturated rings. The van der Waals surface area contributed by atoms with E-state index in [1.54, 1.807) is 0 Å². The molecule has 0 aromatic heterocycles. The molecule has 1 amide bonds. The van der Waals surface area contributed by atoms with Crippen LogP contribution in [-0.2, 0) is 4.79 Å². The number of carbonyl (C=O) groups is 1. The quantitative estimate of drug-likeness (QED) is 0.715. The first kappa shape index (κ1) is 17.7. The fourth-order valence-corrected chi connectivity index (χ4v) is 2.34. The van der Waals surface area contributed by atoms with E-state index in [0.29, 0.717) is 19.4 Å². The van der Waals surface area contributed by atoms with Gasteiger partial charge in [0.15, 0.2) is 0 Å². The number of aliphatic hydroxyl groups is 1. The number of hydrogen-bond donors (Lipinski definition) is 3. The summed E-state index contributed by atoms with van der Waals surface area (Å²) in [6.45, 7) is 4.54. The number of nitrogens with two attached hydrogens (primary N) is 1. The number of hydrogen-bond acceptors (Lipinski definition) is 3. The monoisotopic (exact) mass is 278 g/mol. The topological polar surface area (TPSA) is 75.4 Å². The molecular weight excluding hydrogens is 252 g/mol. The van der Waals surface area contributed by atoms with Crippen molar-refractivity contribution in [3.8, 4) is 0 Å². The van der Waals surface area contributed by atoms with Gasteiger partial charge in [-0.1, -0.05) is 19.8 Å². The highest BCUT2D eigenvalue weighted by Crippen LogP contribution is 2.35. The van der Waals surface area contributed by atoms with Crippen LogP contribution in [-0.4, -0.2) is 29.7 Å². The van der Waals surface area contributed by atoms with Crippen molar-refractivity contribution in [1.82, 2.24) is 5.32 Å². The molecule has 0 aliphatic heterocycles. The predicted octanol–water partition coefficient (Wildman–Crippen LogP) is 1.59. The van der Waals surface area contributed by atoms with Crippen LogP contribution in [0.1, 0.15) is 52.4 Å². The van der Waals surface area contributed by atoms with E-state index in [1.165, 1.54) is 0 Å². The Hall–Kier alpha value is -0.320. The van der Waals surface area contributed by atoms with Crippen molar-refractivity contribution in [2.45, 2.75) is 64.5 Å². The molecule has 1 saturated carbocycles. The number of carbonyl (C=O) groups excluding carboxylic acids is 1. The fraction of sp³-hybridized carbons (Fsp3) is 0.923. The van der Waals surface area contributed by atoms with E-state index in [4.69, 9.17) is 5.73 Å². The van der Waals surface area contributed by atoms with E-state index in [1.807, 2.05) is 6.92 Å². The Bertz CT molecular complexity index is 261. The molecule has 0 saturated heterocycles. The molecule has 0 bridgehead atoms. The zero-order chi connectivity index (χ0) is 12.9. The summed E-state index contributed by atoms with van der Waals surface area (Å²) >= 11 is 0. The average molecular weight is 279 g/mol. The van der Waals surface area contributed by atoms with Gasteiger partial charge in [0.05, 0.1) is 6.10 Å². The van der Waals surface area contributed by atoms with Crippen LogP contribution in [0.5, 0.6) is 0 Å². The molecule has 0 heterocycles. The van der Waals surface area contributed by atoms with E-state index in [9.17, 15) is 9.90 Å². The van der Waals surface area contributed by atoms with Gasteiger partial charge in [-0.15, -0.1) is 12.4 Å². The van der Waals surface area contributed by atoms with Crippen molar-refractivity contribution in [2.75, 3.05) is 6.54 Å². The number of rotatable bonds is 5. The number of aliphatic hydroxyl groups excluding tert-OH is 1. The third kappa shape index (κ3) is 5.55. The summed E-state index contributed by atoms with van der Waals surface area (Å²) in [5.41, 5.74) is 5.46. The SMILES string of the molecule is CC(N)CCC(=O)NCC1(C)CCCCC1O.Cl. The lowest BCUT2D eigenvalue weighted by Crippen LogP contribution is -2.45. The Labute approximate surface area is 116 Å². The maximum absolute atomic E-state index is 11.6. The van der Waals surface area contributed by atoms with Crippen molar-refractivity contribution in [2.24, 2.45) is 11.1 Å². The van der Waals surface area contributed by atoms with Gasteiger partial charge >= 0.3 is 0 Å². The van der Waals surface area contributed by atoms with Gasteiger partial charge in [0.1, 0.15) is 0 Å². The summed E-state index contributed by atoms with van der Waals surface area (Å²) in [4.78, 5) is 11.6. The van der Waals surface area contributed by atoms with Crippen LogP contribution in [0.3, 0.4) is 0 Å². The third-order valence-corrected chi connectivity index (χ3v) is 3.80. The lowest BCUT2D eigenvalue weighted by Gasteiger charge is -2.38. The maximum Gasteiger partial charge on any atom is 0.220 e. The first-order valence-corrected chi connectivity index (χ1v) is 6.64. The zero-order valence-electron chi connectivity index (χ0n) is 11.4. The molecule has 0 aromatic carbocycles. The highest BCUT2D eigenvalue weighted by Gasteiger charge is 2.35. The van der Waals surface area contributed by atoms with E-state index in [-0.39, 0.29) is 35.9 Å². The lowest BCUT2D eigenvalue weighted by atomic mass is 9.73. The van der Waals surface area contributed by atoms with Gasteiger partial charge < -0.3 is 16.2 Å². The second-order valence-corrected chi connectivity index (χ2v) is 5.71. The Morgan fingerprint density at radius 2 is 2.22 bits per heavy atom. The Morgan fingerprint density at radius 1 is 1.56 bits per heavy atom. The molecule has 1 aliphatic carbocycles. The van der Waals surface area contributed by atoms with Crippen LogP contribution < -0.4 is 11.1 Å². The highest BCUT2D eigenvalue weighted by atomic mass is 35.5. The van der Waals surface area contributed by atoms with Crippen molar-refractivity contribution in [3.63, 3.8) is 0 Å². The zero-order valence-corrected chi connectivity index (χ0v) is 12.3. The summed E-state index contributed by atoms with van der Waals surface area (Å²) < 4.78 is 0. The molecule has 18 heavy (non-hydrogen) atoms. The summed E-state index contributed by atoms with van der Waals surface area (Å²) in [6.07, 6.45) is 4.98. The van der Waals surface area contributed by atoms with Crippen molar-refractivity contribution >= 4 is 18.3 Å². The van der Waals surface area contributed by atoms with Gasteiger partial charge in [-0.25, -0.2) is 0 Å². The van der Waals surface area contributed by atoms with Crippen molar-refractivity contribution in [1.29, 1.82) is 0 Å². The maximum atomic E-state index is 11.6. The van der Waals surface area contributed by atoms with Gasteiger partial charge in [0.25, 0.3) is 0 Å². The molecule has 0 spiro atoms. The highest BCUT2D eigenvalue weighted by molar-refractivity contribution is 5.85. The summed E-state index contributed by atoms with van der Waals surface area (Å²) in [7, 11) is 0. The Balaban J connectivity index is 0.00000289. The van der Waals surface area contributed by atoms with E-state index >= 15 is 0 Å². The van der Waals surface area contributed by atoms with Crippen LogP contribution in [0, 0.1) is 5.41 Å². The second kappa shape index (κ2) is 7.97. The van der Waals surface area contributed by atoms with Crippen molar-refractivity contribution in [3.05, 3.63) is 0 Å². The standard InChI is InChI=1S/C13H26N2O2.ClH/c1-10(14)6-7-12(17)15-9-13(2)8-4-3-5-11(13)16;/h10-11,16H,3-9,14H2,1-2H3,(H,15,17);1H. The number of halogens is 1. The van der Waals surface area contributed by atoms with Crippen molar-refractivity contribution < 1.29 is 9.90 Å². The first-order chi connectivity index (χ1) is 7.94. The summed E-state index contributed by atoms with van der Waals surface area (Å²) in [5.74, 6) is 0.0429. The molecule has 0 radical (unpaired) electrons. The minimum atomic E-state index is -0.287. The lowest BCUT2D eigenvalue weighted by molar-refractivity contribution is -0.122. The molecule has 3 unspecified atom stereocenters. The predicted molar refractivity (Wildman–Crippen MR) is 75.7 cm³/mol. The van der Waals surface area contributed by atoms with Gasteiger partial charge in [0.2, 0.25) is 5.91 Å². The van der Waals surface area contributed by atoms with Crippen LogP contribution in [0.25, 0.3) is 0 Å². The van der Waals surface area contributed by atoms with E-state index < -0.39 is 0 Å². The molecule has 3 atom stereocenters. The first-order valence-electron chi connectivity index (χ1n) is 6.64. The van der Waals surface area contributed by atoms with Crippen LogP contribution in [0.4, 0.5) is 0 Å². The molecule has 0 aromatic rings. The Morgan fingerprint density at radius 3 is 2.78 bits per heavy atom.